The van der Waals surface area contributed by atoms with Crippen LogP contribution in [-0.4, -0.2) is 0 Å². The average Bonchev–Trinajstić information content (AvgIpc) is 3.68. The Hall–Kier alpha value is -5.60. The van der Waals surface area contributed by atoms with Crippen molar-refractivity contribution in [2.75, 3.05) is 4.90 Å². The number of nitrogens with zero attached hydrogens (tertiary/aromatic N) is 1. The molecule has 1 aromatic heterocycles. The Bertz CT molecular complexity index is 2690. The fraction of sp³-hybridized carbons (Fsp3) is 0.149. The first-order chi connectivity index (χ1) is 23.7. The highest BCUT2D eigenvalue weighted by Gasteiger charge is 2.42. The summed E-state index contributed by atoms with van der Waals surface area (Å²) in [6, 6.07) is 49.2. The number of fused-ring (bicyclic) bond motifs is 10. The molecule has 0 spiro atoms. The summed E-state index contributed by atoms with van der Waals surface area (Å²) in [4.78, 5) is 2.39. The number of benzene rings is 7. The van der Waals surface area contributed by atoms with Crippen molar-refractivity contribution in [3.05, 3.63) is 161 Å². The van der Waals surface area contributed by atoms with E-state index in [4.69, 9.17) is 4.42 Å². The van der Waals surface area contributed by atoms with Crippen LogP contribution in [0.3, 0.4) is 0 Å². The summed E-state index contributed by atoms with van der Waals surface area (Å²) in [6.07, 6.45) is 0. The predicted octanol–water partition coefficient (Wildman–Crippen LogP) is 13.1. The number of para-hydroxylation sites is 3. The monoisotopic (exact) mass is 631 g/mol. The van der Waals surface area contributed by atoms with E-state index in [9.17, 15) is 0 Å². The lowest BCUT2D eigenvalue weighted by molar-refractivity contribution is 0.652. The van der Waals surface area contributed by atoms with Crippen molar-refractivity contribution >= 4 is 49.8 Å². The van der Waals surface area contributed by atoms with E-state index in [1.165, 1.54) is 60.8 Å². The second-order valence-corrected chi connectivity index (χ2v) is 15.0. The lowest BCUT2D eigenvalue weighted by atomic mass is 9.79. The highest BCUT2D eigenvalue weighted by Crippen LogP contribution is 2.57. The van der Waals surface area contributed by atoms with Gasteiger partial charge in [-0.15, -0.1) is 0 Å². The van der Waals surface area contributed by atoms with E-state index in [2.05, 4.69) is 167 Å². The largest absolute Gasteiger partial charge is 0.454 e. The molecule has 1 heterocycles. The highest BCUT2D eigenvalue weighted by molar-refractivity contribution is 6.10. The van der Waals surface area contributed by atoms with Gasteiger partial charge in [-0.3, -0.25) is 0 Å². The van der Waals surface area contributed by atoms with Crippen LogP contribution in [0.15, 0.2) is 138 Å². The minimum atomic E-state index is -0.178. The van der Waals surface area contributed by atoms with Gasteiger partial charge >= 0.3 is 0 Å². The standard InChI is InChI=1S/C47H37NO/c1-28-13-6-10-18-42(28)48(43-19-12-17-34-33-16-9-11-20-44(33)49-45(34)43)31-21-22-32-36-26-41-37(27-40(36)47(4,5)39(32)25-31)35-23-29-14-7-8-15-30(29)24-38(35)46(41,2)3/h6-27H,1-5H3. The molecule has 0 amide bonds. The highest BCUT2D eigenvalue weighted by atomic mass is 16.3. The summed E-state index contributed by atoms with van der Waals surface area (Å²) in [7, 11) is 0. The molecule has 2 aliphatic rings. The van der Waals surface area contributed by atoms with Crippen LogP contribution in [0.4, 0.5) is 17.1 Å². The van der Waals surface area contributed by atoms with Gasteiger partial charge in [0.05, 0.1) is 5.69 Å². The molecule has 0 aliphatic heterocycles. The fourth-order valence-corrected chi connectivity index (χ4v) is 8.90. The summed E-state index contributed by atoms with van der Waals surface area (Å²) in [6.45, 7) is 11.8. The third kappa shape index (κ3) is 3.83. The van der Waals surface area contributed by atoms with Crippen LogP contribution in [0.2, 0.25) is 0 Å². The van der Waals surface area contributed by atoms with Gasteiger partial charge in [0.2, 0.25) is 0 Å². The third-order valence-electron chi connectivity index (χ3n) is 11.6. The van der Waals surface area contributed by atoms with Crippen LogP contribution in [-0.2, 0) is 10.8 Å². The molecule has 0 atom stereocenters. The molecule has 2 nitrogen and oxygen atoms in total. The summed E-state index contributed by atoms with van der Waals surface area (Å²) in [5.74, 6) is 0. The second-order valence-electron chi connectivity index (χ2n) is 15.0. The summed E-state index contributed by atoms with van der Waals surface area (Å²) >= 11 is 0. The van der Waals surface area contributed by atoms with Crippen LogP contribution in [0.1, 0.15) is 55.5 Å². The van der Waals surface area contributed by atoms with Crippen LogP contribution >= 0.6 is 0 Å². The van der Waals surface area contributed by atoms with Crippen molar-refractivity contribution in [3.8, 4) is 22.3 Å². The number of anilines is 3. The van der Waals surface area contributed by atoms with Crippen molar-refractivity contribution in [2.45, 2.75) is 45.4 Å². The van der Waals surface area contributed by atoms with Crippen LogP contribution < -0.4 is 4.90 Å². The van der Waals surface area contributed by atoms with E-state index < -0.39 is 0 Å². The van der Waals surface area contributed by atoms with Gasteiger partial charge in [-0.2, -0.15) is 0 Å². The van der Waals surface area contributed by atoms with Crippen molar-refractivity contribution in [1.82, 2.24) is 0 Å². The molecule has 0 unspecified atom stereocenters. The SMILES string of the molecule is Cc1ccccc1N(c1ccc2c(c1)C(C)(C)c1cc3c(cc1-2)C(C)(C)c1cc2ccccc2cc1-3)c1cccc2c1oc1ccccc12. The van der Waals surface area contributed by atoms with Gasteiger partial charge < -0.3 is 9.32 Å². The van der Waals surface area contributed by atoms with Crippen molar-refractivity contribution in [2.24, 2.45) is 0 Å². The molecule has 0 saturated heterocycles. The van der Waals surface area contributed by atoms with E-state index in [0.29, 0.717) is 0 Å². The minimum absolute atomic E-state index is 0.0799. The van der Waals surface area contributed by atoms with E-state index >= 15 is 0 Å². The zero-order chi connectivity index (χ0) is 33.2. The smallest absolute Gasteiger partial charge is 0.159 e. The molecule has 0 saturated carbocycles. The maximum absolute atomic E-state index is 6.61. The van der Waals surface area contributed by atoms with Gasteiger partial charge in [0.15, 0.2) is 5.58 Å². The molecule has 0 N–H and O–H groups in total. The Morgan fingerprint density at radius 1 is 0.469 bits per heavy atom. The average molecular weight is 632 g/mol. The molecular formula is C47H37NO. The number of hydrogen-bond donors (Lipinski definition) is 0. The maximum Gasteiger partial charge on any atom is 0.159 e. The fourth-order valence-electron chi connectivity index (χ4n) is 8.90. The molecule has 0 bridgehead atoms. The van der Waals surface area contributed by atoms with Crippen molar-refractivity contribution in [1.29, 1.82) is 0 Å². The van der Waals surface area contributed by atoms with Crippen molar-refractivity contribution < 1.29 is 4.42 Å². The Balaban J connectivity index is 1.17. The first-order valence-corrected chi connectivity index (χ1v) is 17.4. The van der Waals surface area contributed by atoms with Gasteiger partial charge in [0.1, 0.15) is 5.58 Å². The molecule has 0 radical (unpaired) electrons. The Morgan fingerprint density at radius 2 is 1.04 bits per heavy atom. The molecule has 236 valence electrons. The van der Waals surface area contributed by atoms with E-state index in [1.807, 2.05) is 6.07 Å². The molecule has 10 rings (SSSR count). The molecule has 2 aliphatic carbocycles. The summed E-state index contributed by atoms with van der Waals surface area (Å²) < 4.78 is 6.61. The molecule has 8 aromatic rings. The summed E-state index contributed by atoms with van der Waals surface area (Å²) in [5, 5.41) is 4.88. The van der Waals surface area contributed by atoms with Gasteiger partial charge in [-0.05, 0) is 122 Å². The van der Waals surface area contributed by atoms with Gasteiger partial charge in [0, 0.05) is 33.0 Å². The Kier molecular flexibility index (Phi) is 5.65. The van der Waals surface area contributed by atoms with Crippen LogP contribution in [0, 0.1) is 6.92 Å². The normalized spacial score (nSPS) is 15.0. The number of hydrogen-bond acceptors (Lipinski definition) is 2. The third-order valence-corrected chi connectivity index (χ3v) is 11.6. The van der Waals surface area contributed by atoms with Gasteiger partial charge in [0.25, 0.3) is 0 Å². The predicted molar refractivity (Wildman–Crippen MR) is 206 cm³/mol. The van der Waals surface area contributed by atoms with Crippen molar-refractivity contribution in [3.63, 3.8) is 0 Å². The quantitative estimate of drug-likeness (QED) is 0.193. The number of rotatable bonds is 3. The zero-order valence-electron chi connectivity index (χ0n) is 28.6. The maximum atomic E-state index is 6.61. The van der Waals surface area contributed by atoms with E-state index in [-0.39, 0.29) is 10.8 Å². The Morgan fingerprint density at radius 3 is 1.82 bits per heavy atom. The minimum Gasteiger partial charge on any atom is -0.454 e. The molecule has 0 fully saturated rings. The first kappa shape index (κ1) is 28.4. The van der Waals surface area contributed by atoms with Crippen LogP contribution in [0.25, 0.3) is 55.0 Å². The second kappa shape index (κ2) is 9.74. The first-order valence-electron chi connectivity index (χ1n) is 17.4. The van der Waals surface area contributed by atoms with Gasteiger partial charge in [-0.25, -0.2) is 0 Å². The van der Waals surface area contributed by atoms with E-state index in [1.54, 1.807) is 0 Å². The topological polar surface area (TPSA) is 16.4 Å². The van der Waals surface area contributed by atoms with Crippen LogP contribution in [0.5, 0.6) is 0 Å². The molecular weight excluding hydrogens is 595 g/mol. The molecule has 7 aromatic carbocycles. The zero-order valence-corrected chi connectivity index (χ0v) is 28.6. The molecule has 2 heteroatoms. The molecule has 49 heavy (non-hydrogen) atoms. The lowest BCUT2D eigenvalue weighted by Gasteiger charge is -2.29. The summed E-state index contributed by atoms with van der Waals surface area (Å²) in [5.41, 5.74) is 17.1. The Labute approximate surface area is 287 Å². The lowest BCUT2D eigenvalue weighted by Crippen LogP contribution is -2.18. The number of furan rings is 1. The number of aryl methyl sites for hydroxylation is 1. The van der Waals surface area contributed by atoms with E-state index in [0.717, 1.165) is 39.0 Å². The van der Waals surface area contributed by atoms with Gasteiger partial charge in [-0.1, -0.05) is 107 Å².